The summed E-state index contributed by atoms with van der Waals surface area (Å²) < 4.78 is 10.8. The Morgan fingerprint density at radius 3 is 2.53 bits per heavy atom. The molecule has 3 heteroatoms. The van der Waals surface area contributed by atoms with Crippen molar-refractivity contribution in [1.29, 1.82) is 0 Å². The van der Waals surface area contributed by atoms with Crippen LogP contribution in [0.4, 0.5) is 0 Å². The average molecular weight is 263 g/mol. The number of rotatable bonds is 4. The predicted octanol–water partition coefficient (Wildman–Crippen LogP) is 3.53. The molecule has 2 rings (SSSR count). The maximum absolute atomic E-state index is 6.54. The lowest BCUT2D eigenvalue weighted by atomic mass is 9.75. The van der Waals surface area contributed by atoms with Crippen LogP contribution in [0.25, 0.3) is 0 Å². The van der Waals surface area contributed by atoms with E-state index in [1.807, 2.05) is 18.2 Å². The second-order valence-corrected chi connectivity index (χ2v) is 6.12. The highest BCUT2D eigenvalue weighted by atomic mass is 16.5. The molecule has 1 aromatic rings. The molecule has 0 amide bonds. The molecule has 0 radical (unpaired) electrons. The minimum Gasteiger partial charge on any atom is -0.497 e. The van der Waals surface area contributed by atoms with Crippen LogP contribution in [0, 0.1) is 11.3 Å². The topological polar surface area (TPSA) is 44.5 Å². The highest BCUT2D eigenvalue weighted by molar-refractivity contribution is 5.42. The molecule has 2 N–H and O–H groups in total. The van der Waals surface area contributed by atoms with Crippen LogP contribution in [0.3, 0.4) is 0 Å². The normalized spacial score (nSPS) is 23.1. The van der Waals surface area contributed by atoms with Gasteiger partial charge in [0.05, 0.1) is 14.2 Å². The van der Waals surface area contributed by atoms with E-state index in [4.69, 9.17) is 15.2 Å². The lowest BCUT2D eigenvalue weighted by molar-refractivity contribution is 0.219. The van der Waals surface area contributed by atoms with Crippen LogP contribution in [0.5, 0.6) is 11.5 Å². The zero-order valence-electron chi connectivity index (χ0n) is 12.4. The van der Waals surface area contributed by atoms with Gasteiger partial charge < -0.3 is 15.2 Å². The smallest absolute Gasteiger partial charge is 0.123 e. The molecule has 2 atom stereocenters. The van der Waals surface area contributed by atoms with E-state index in [0.29, 0.717) is 11.3 Å². The van der Waals surface area contributed by atoms with Gasteiger partial charge in [-0.25, -0.2) is 0 Å². The van der Waals surface area contributed by atoms with E-state index in [9.17, 15) is 0 Å². The van der Waals surface area contributed by atoms with Crippen molar-refractivity contribution in [2.75, 3.05) is 14.2 Å². The summed E-state index contributed by atoms with van der Waals surface area (Å²) in [5.74, 6) is 2.19. The van der Waals surface area contributed by atoms with Crippen molar-refractivity contribution in [3.05, 3.63) is 23.8 Å². The quantitative estimate of drug-likeness (QED) is 0.903. The van der Waals surface area contributed by atoms with Gasteiger partial charge in [-0.1, -0.05) is 20.3 Å². The van der Waals surface area contributed by atoms with Crippen LogP contribution in [0.1, 0.15) is 44.7 Å². The average Bonchev–Trinajstić information content (AvgIpc) is 2.76. The zero-order valence-corrected chi connectivity index (χ0v) is 12.4. The van der Waals surface area contributed by atoms with E-state index in [1.54, 1.807) is 14.2 Å². The molecule has 2 unspecified atom stereocenters. The van der Waals surface area contributed by atoms with Gasteiger partial charge in [-0.3, -0.25) is 0 Å². The van der Waals surface area contributed by atoms with Crippen molar-refractivity contribution in [3.63, 3.8) is 0 Å². The number of benzene rings is 1. The summed E-state index contributed by atoms with van der Waals surface area (Å²) in [6.45, 7) is 4.63. The molecule has 19 heavy (non-hydrogen) atoms. The Kier molecular flexibility index (Phi) is 4.04. The van der Waals surface area contributed by atoms with Gasteiger partial charge in [0.1, 0.15) is 11.5 Å². The molecule has 1 saturated carbocycles. The van der Waals surface area contributed by atoms with Crippen LogP contribution >= 0.6 is 0 Å². The maximum atomic E-state index is 6.54. The number of hydrogen-bond acceptors (Lipinski definition) is 3. The van der Waals surface area contributed by atoms with Crippen molar-refractivity contribution in [2.45, 2.75) is 39.2 Å². The summed E-state index contributed by atoms with van der Waals surface area (Å²) in [6.07, 6.45) is 3.70. The van der Waals surface area contributed by atoms with E-state index in [1.165, 1.54) is 19.3 Å². The summed E-state index contributed by atoms with van der Waals surface area (Å²) in [5, 5.41) is 0. The van der Waals surface area contributed by atoms with Gasteiger partial charge in [0.2, 0.25) is 0 Å². The van der Waals surface area contributed by atoms with Crippen LogP contribution in [-0.4, -0.2) is 14.2 Å². The standard InChI is InChI=1S/C16H25NO2/c1-16(2)9-5-6-13(16)15(17)12-10-11(18-3)7-8-14(12)19-4/h7-8,10,13,15H,5-6,9,17H2,1-4H3. The fourth-order valence-electron chi connectivity index (χ4n) is 3.34. The Hall–Kier alpha value is -1.22. The minimum atomic E-state index is 0.00236. The number of methoxy groups -OCH3 is 2. The Labute approximate surface area is 116 Å². The van der Waals surface area contributed by atoms with Crippen LogP contribution in [0.15, 0.2) is 18.2 Å². The Balaban J connectivity index is 2.34. The summed E-state index contributed by atoms with van der Waals surface area (Å²) in [7, 11) is 3.37. The predicted molar refractivity (Wildman–Crippen MR) is 77.6 cm³/mol. The zero-order chi connectivity index (χ0) is 14.0. The van der Waals surface area contributed by atoms with E-state index >= 15 is 0 Å². The summed E-state index contributed by atoms with van der Waals surface area (Å²) in [5.41, 5.74) is 7.90. The first-order valence-corrected chi connectivity index (χ1v) is 6.97. The molecule has 0 bridgehead atoms. The molecular formula is C16H25NO2. The summed E-state index contributed by atoms with van der Waals surface area (Å²) in [4.78, 5) is 0. The number of hydrogen-bond donors (Lipinski definition) is 1. The second-order valence-electron chi connectivity index (χ2n) is 6.12. The van der Waals surface area contributed by atoms with Gasteiger partial charge >= 0.3 is 0 Å². The molecular weight excluding hydrogens is 238 g/mol. The van der Waals surface area contributed by atoms with Crippen LogP contribution in [-0.2, 0) is 0 Å². The van der Waals surface area contributed by atoms with Crippen molar-refractivity contribution in [1.82, 2.24) is 0 Å². The van der Waals surface area contributed by atoms with E-state index in [-0.39, 0.29) is 6.04 Å². The Morgan fingerprint density at radius 1 is 1.26 bits per heavy atom. The van der Waals surface area contributed by atoms with Crippen LogP contribution < -0.4 is 15.2 Å². The summed E-state index contributed by atoms with van der Waals surface area (Å²) in [6, 6.07) is 5.87. The molecule has 0 spiro atoms. The highest BCUT2D eigenvalue weighted by Crippen LogP contribution is 2.49. The fraction of sp³-hybridized carbons (Fsp3) is 0.625. The molecule has 3 nitrogen and oxygen atoms in total. The van der Waals surface area contributed by atoms with Gasteiger partial charge in [0.15, 0.2) is 0 Å². The number of nitrogens with two attached hydrogens (primary N) is 1. The third kappa shape index (κ3) is 2.71. The molecule has 0 saturated heterocycles. The molecule has 1 aromatic carbocycles. The van der Waals surface area contributed by atoms with Crippen molar-refractivity contribution in [2.24, 2.45) is 17.1 Å². The first-order chi connectivity index (χ1) is 8.99. The van der Waals surface area contributed by atoms with Gasteiger partial charge in [-0.05, 0) is 42.4 Å². The fourth-order valence-corrected chi connectivity index (χ4v) is 3.34. The Bertz CT molecular complexity index is 442. The first kappa shape index (κ1) is 14.2. The molecule has 106 valence electrons. The molecule has 0 heterocycles. The molecule has 1 aliphatic carbocycles. The molecule has 0 aromatic heterocycles. The van der Waals surface area contributed by atoms with E-state index in [0.717, 1.165) is 17.1 Å². The molecule has 0 aliphatic heterocycles. The van der Waals surface area contributed by atoms with Crippen LogP contribution in [0.2, 0.25) is 0 Å². The van der Waals surface area contributed by atoms with Gasteiger partial charge in [-0.15, -0.1) is 0 Å². The number of ether oxygens (including phenoxy) is 2. The monoisotopic (exact) mass is 263 g/mol. The van der Waals surface area contributed by atoms with Crippen molar-refractivity contribution < 1.29 is 9.47 Å². The molecule has 1 aliphatic rings. The first-order valence-electron chi connectivity index (χ1n) is 6.97. The largest absolute Gasteiger partial charge is 0.497 e. The SMILES string of the molecule is COc1ccc(OC)c(C(N)C2CCCC2(C)C)c1. The van der Waals surface area contributed by atoms with Gasteiger partial charge in [0, 0.05) is 11.6 Å². The third-order valence-electron chi connectivity index (χ3n) is 4.57. The maximum Gasteiger partial charge on any atom is 0.123 e. The summed E-state index contributed by atoms with van der Waals surface area (Å²) >= 11 is 0. The molecule has 1 fully saturated rings. The Morgan fingerprint density at radius 2 is 2.00 bits per heavy atom. The highest BCUT2D eigenvalue weighted by Gasteiger charge is 2.39. The van der Waals surface area contributed by atoms with E-state index in [2.05, 4.69) is 13.8 Å². The van der Waals surface area contributed by atoms with Crippen molar-refractivity contribution in [3.8, 4) is 11.5 Å². The minimum absolute atomic E-state index is 0.00236. The van der Waals surface area contributed by atoms with Gasteiger partial charge in [0.25, 0.3) is 0 Å². The lowest BCUT2D eigenvalue weighted by Gasteiger charge is -2.33. The van der Waals surface area contributed by atoms with E-state index < -0.39 is 0 Å². The second kappa shape index (κ2) is 5.41. The van der Waals surface area contributed by atoms with Crippen molar-refractivity contribution >= 4 is 0 Å². The van der Waals surface area contributed by atoms with Gasteiger partial charge in [-0.2, -0.15) is 0 Å². The third-order valence-corrected chi connectivity index (χ3v) is 4.57. The lowest BCUT2D eigenvalue weighted by Crippen LogP contribution is -2.29.